The molecule has 4 rings (SSSR count). The van der Waals surface area contributed by atoms with Crippen LogP contribution in [0.1, 0.15) is 15.9 Å². The number of imidazole rings is 1. The minimum Gasteiger partial charge on any atom is -0.343 e. The van der Waals surface area contributed by atoms with Crippen molar-refractivity contribution in [1.82, 2.24) is 14.9 Å². The van der Waals surface area contributed by atoms with Crippen molar-refractivity contribution in [2.24, 2.45) is 0 Å². The molecule has 0 aliphatic carbocycles. The summed E-state index contributed by atoms with van der Waals surface area (Å²) in [5, 5.41) is 7.54. The van der Waals surface area contributed by atoms with Gasteiger partial charge < -0.3 is 15.2 Å². The molecule has 0 bridgehead atoms. The van der Waals surface area contributed by atoms with Crippen LogP contribution in [-0.4, -0.2) is 27.9 Å². The van der Waals surface area contributed by atoms with Crippen molar-refractivity contribution in [1.29, 1.82) is 0 Å². The Labute approximate surface area is 168 Å². The van der Waals surface area contributed by atoms with Crippen LogP contribution in [0.25, 0.3) is 10.8 Å². The van der Waals surface area contributed by atoms with Crippen molar-refractivity contribution in [3.8, 4) is 0 Å². The van der Waals surface area contributed by atoms with Crippen LogP contribution in [0.2, 0.25) is 0 Å². The molecule has 3 aromatic carbocycles. The zero-order valence-electron chi connectivity index (χ0n) is 15.7. The van der Waals surface area contributed by atoms with Gasteiger partial charge in [-0.25, -0.2) is 4.98 Å². The zero-order chi connectivity index (χ0) is 20.1. The molecular formula is C23H20N4O2. The van der Waals surface area contributed by atoms with E-state index < -0.39 is 0 Å². The van der Waals surface area contributed by atoms with E-state index in [0.29, 0.717) is 17.8 Å². The lowest BCUT2D eigenvalue weighted by atomic mass is 10.1. The number of nitrogens with one attached hydrogen (secondary N) is 2. The number of benzene rings is 3. The summed E-state index contributed by atoms with van der Waals surface area (Å²) in [6.45, 7) is 0.569. The van der Waals surface area contributed by atoms with Crippen LogP contribution in [0.4, 0.5) is 5.69 Å². The van der Waals surface area contributed by atoms with E-state index in [1.807, 2.05) is 71.4 Å². The van der Waals surface area contributed by atoms with Crippen LogP contribution in [0.15, 0.2) is 85.5 Å². The van der Waals surface area contributed by atoms with Gasteiger partial charge in [-0.1, -0.05) is 42.5 Å². The summed E-state index contributed by atoms with van der Waals surface area (Å²) < 4.78 is 1.95. The molecule has 0 radical (unpaired) electrons. The van der Waals surface area contributed by atoms with Gasteiger partial charge in [0.05, 0.1) is 12.9 Å². The van der Waals surface area contributed by atoms with Gasteiger partial charge in [-0.15, -0.1) is 0 Å². The summed E-state index contributed by atoms with van der Waals surface area (Å²) >= 11 is 0. The largest absolute Gasteiger partial charge is 0.343 e. The molecule has 0 spiro atoms. The Morgan fingerprint density at radius 3 is 2.62 bits per heavy atom. The Hall–Kier alpha value is -3.93. The van der Waals surface area contributed by atoms with E-state index in [-0.39, 0.29) is 18.4 Å². The molecule has 2 N–H and O–H groups in total. The quantitative estimate of drug-likeness (QED) is 0.535. The van der Waals surface area contributed by atoms with Crippen LogP contribution in [0.3, 0.4) is 0 Å². The van der Waals surface area contributed by atoms with E-state index in [1.165, 1.54) is 0 Å². The number of carbonyl (C=O) groups excluding carboxylic acids is 2. The molecule has 144 valence electrons. The van der Waals surface area contributed by atoms with E-state index in [9.17, 15) is 9.59 Å². The number of fused-ring (bicyclic) bond motifs is 1. The van der Waals surface area contributed by atoms with Crippen LogP contribution in [-0.2, 0) is 11.3 Å². The fourth-order valence-electron chi connectivity index (χ4n) is 3.14. The summed E-state index contributed by atoms with van der Waals surface area (Å²) in [6.07, 6.45) is 5.35. The topological polar surface area (TPSA) is 76.0 Å². The second-order valence-electron chi connectivity index (χ2n) is 6.73. The van der Waals surface area contributed by atoms with Gasteiger partial charge in [0.1, 0.15) is 0 Å². The SMILES string of the molecule is O=C(CNC(=O)c1ccc2ccccc2c1)Nc1cccc(Cn2ccnc2)c1. The van der Waals surface area contributed by atoms with Crippen LogP contribution in [0, 0.1) is 0 Å². The molecule has 0 saturated heterocycles. The Kier molecular flexibility index (Phi) is 5.33. The molecule has 2 amide bonds. The lowest BCUT2D eigenvalue weighted by molar-refractivity contribution is -0.115. The summed E-state index contributed by atoms with van der Waals surface area (Å²) in [7, 11) is 0. The van der Waals surface area contributed by atoms with Crippen molar-refractivity contribution < 1.29 is 9.59 Å². The first-order valence-electron chi connectivity index (χ1n) is 9.29. The molecule has 1 aromatic heterocycles. The van der Waals surface area contributed by atoms with Gasteiger partial charge in [0.15, 0.2) is 0 Å². The number of hydrogen-bond acceptors (Lipinski definition) is 3. The molecular weight excluding hydrogens is 364 g/mol. The number of carbonyl (C=O) groups is 2. The third-order valence-electron chi connectivity index (χ3n) is 4.56. The third kappa shape index (κ3) is 4.68. The van der Waals surface area contributed by atoms with Gasteiger partial charge in [0, 0.05) is 30.2 Å². The van der Waals surface area contributed by atoms with Crippen LogP contribution in [0.5, 0.6) is 0 Å². The Morgan fingerprint density at radius 2 is 1.79 bits per heavy atom. The zero-order valence-corrected chi connectivity index (χ0v) is 15.7. The maximum absolute atomic E-state index is 12.4. The number of amides is 2. The first-order chi connectivity index (χ1) is 14.2. The fourth-order valence-corrected chi connectivity index (χ4v) is 3.14. The second-order valence-corrected chi connectivity index (χ2v) is 6.73. The normalized spacial score (nSPS) is 10.6. The second kappa shape index (κ2) is 8.39. The van der Waals surface area contributed by atoms with Gasteiger partial charge in [-0.05, 0) is 40.6 Å². The van der Waals surface area contributed by atoms with Gasteiger partial charge in [0.25, 0.3) is 5.91 Å². The molecule has 1 heterocycles. The number of hydrogen-bond donors (Lipinski definition) is 2. The van der Waals surface area contributed by atoms with Crippen molar-refractivity contribution in [3.63, 3.8) is 0 Å². The van der Waals surface area contributed by atoms with E-state index >= 15 is 0 Å². The molecule has 4 aromatic rings. The molecule has 0 aliphatic rings. The average Bonchev–Trinajstić information content (AvgIpc) is 3.25. The number of anilines is 1. The fraction of sp³-hybridized carbons (Fsp3) is 0.0870. The lowest BCUT2D eigenvalue weighted by Crippen LogP contribution is -2.32. The van der Waals surface area contributed by atoms with Gasteiger partial charge >= 0.3 is 0 Å². The van der Waals surface area contributed by atoms with Crippen molar-refractivity contribution in [2.45, 2.75) is 6.54 Å². The maximum atomic E-state index is 12.4. The highest BCUT2D eigenvalue weighted by Crippen LogP contribution is 2.15. The number of aromatic nitrogens is 2. The van der Waals surface area contributed by atoms with E-state index in [2.05, 4.69) is 15.6 Å². The maximum Gasteiger partial charge on any atom is 0.251 e. The van der Waals surface area contributed by atoms with E-state index in [4.69, 9.17) is 0 Å². The number of nitrogens with zero attached hydrogens (tertiary/aromatic N) is 2. The number of rotatable bonds is 6. The molecule has 0 unspecified atom stereocenters. The minimum absolute atomic E-state index is 0.0998. The first kappa shape index (κ1) is 18.4. The lowest BCUT2D eigenvalue weighted by Gasteiger charge is -2.09. The molecule has 29 heavy (non-hydrogen) atoms. The highest BCUT2D eigenvalue weighted by atomic mass is 16.2. The van der Waals surface area contributed by atoms with Crippen molar-refractivity contribution >= 4 is 28.3 Å². The minimum atomic E-state index is -0.279. The smallest absolute Gasteiger partial charge is 0.251 e. The summed E-state index contributed by atoms with van der Waals surface area (Å²) in [5.74, 6) is -0.557. The van der Waals surface area contributed by atoms with Gasteiger partial charge in [0.2, 0.25) is 5.91 Å². The van der Waals surface area contributed by atoms with Gasteiger partial charge in [-0.2, -0.15) is 0 Å². The first-order valence-corrected chi connectivity index (χ1v) is 9.29. The predicted octanol–water partition coefficient (Wildman–Crippen LogP) is 3.45. The Bertz CT molecular complexity index is 1150. The Balaban J connectivity index is 1.34. The molecule has 0 atom stereocenters. The average molecular weight is 384 g/mol. The third-order valence-corrected chi connectivity index (χ3v) is 4.56. The predicted molar refractivity (Wildman–Crippen MR) is 113 cm³/mol. The summed E-state index contributed by atoms with van der Waals surface area (Å²) in [5.41, 5.74) is 2.26. The van der Waals surface area contributed by atoms with Crippen molar-refractivity contribution in [2.75, 3.05) is 11.9 Å². The van der Waals surface area contributed by atoms with E-state index in [0.717, 1.165) is 16.3 Å². The highest BCUT2D eigenvalue weighted by molar-refractivity contribution is 6.01. The van der Waals surface area contributed by atoms with E-state index in [1.54, 1.807) is 18.6 Å². The molecule has 0 aliphatic heterocycles. The summed E-state index contributed by atoms with van der Waals surface area (Å²) in [6, 6.07) is 20.9. The standard InChI is InChI=1S/C23H20N4O2/c28-22(26-21-7-3-4-17(12-21)15-27-11-10-24-16-27)14-25-23(29)20-9-8-18-5-1-2-6-19(18)13-20/h1-13,16H,14-15H2,(H,25,29)(H,26,28). The molecule has 6 heteroatoms. The monoisotopic (exact) mass is 384 g/mol. The molecule has 0 saturated carbocycles. The molecule has 0 fully saturated rings. The highest BCUT2D eigenvalue weighted by Gasteiger charge is 2.09. The Morgan fingerprint density at radius 1 is 0.931 bits per heavy atom. The van der Waals surface area contributed by atoms with Crippen LogP contribution < -0.4 is 10.6 Å². The van der Waals surface area contributed by atoms with Gasteiger partial charge in [-0.3, -0.25) is 9.59 Å². The summed E-state index contributed by atoms with van der Waals surface area (Å²) in [4.78, 5) is 28.6. The van der Waals surface area contributed by atoms with Crippen molar-refractivity contribution in [3.05, 3.63) is 96.6 Å². The molecule has 6 nitrogen and oxygen atoms in total. The van der Waals surface area contributed by atoms with Crippen LogP contribution >= 0.6 is 0 Å².